The molecule has 1 aromatic rings. The average Bonchev–Trinajstić information content (AvgIpc) is 2.55. The van der Waals surface area contributed by atoms with Gasteiger partial charge < -0.3 is 4.74 Å². The minimum Gasteiger partial charge on any atom is -0.463 e. The van der Waals surface area contributed by atoms with Gasteiger partial charge in [-0.15, -0.1) is 0 Å². The van der Waals surface area contributed by atoms with Crippen LogP contribution >= 0.6 is 34.4 Å². The van der Waals surface area contributed by atoms with E-state index < -0.39 is 12.0 Å². The Kier molecular flexibility index (Phi) is 5.29. The summed E-state index contributed by atoms with van der Waals surface area (Å²) in [6.45, 7) is 3.86. The van der Waals surface area contributed by atoms with Crippen molar-refractivity contribution in [3.05, 3.63) is 44.7 Å². The number of fused-ring (bicyclic) bond motifs is 1. The second-order valence-corrected chi connectivity index (χ2v) is 7.74. The summed E-state index contributed by atoms with van der Waals surface area (Å²) < 4.78 is 6.33. The van der Waals surface area contributed by atoms with Gasteiger partial charge >= 0.3 is 5.97 Å². The number of rotatable bonds is 3. The Morgan fingerprint density at radius 3 is 2.79 bits per heavy atom. The van der Waals surface area contributed by atoms with Gasteiger partial charge in [0.05, 0.1) is 23.9 Å². The first kappa shape index (κ1) is 17.5. The second-order valence-electron chi connectivity index (χ2n) is 5.43. The number of ether oxygens (including phenoxy) is 1. The van der Waals surface area contributed by atoms with Crippen LogP contribution in [0.25, 0.3) is 0 Å². The zero-order chi connectivity index (χ0) is 17.3. The van der Waals surface area contributed by atoms with Crippen LogP contribution in [-0.2, 0) is 14.3 Å². The van der Waals surface area contributed by atoms with Crippen molar-refractivity contribution in [1.29, 1.82) is 0 Å². The van der Waals surface area contributed by atoms with E-state index in [9.17, 15) is 9.59 Å². The van der Waals surface area contributed by atoms with Gasteiger partial charge in [0.15, 0.2) is 5.17 Å². The number of aliphatic imine (C=N–C) groups is 1. The van der Waals surface area contributed by atoms with Crippen molar-refractivity contribution in [2.24, 2.45) is 4.99 Å². The van der Waals surface area contributed by atoms with Crippen molar-refractivity contribution >= 4 is 51.4 Å². The van der Waals surface area contributed by atoms with Crippen LogP contribution < -0.4 is 0 Å². The number of carbonyl (C=O) groups is 2. The van der Waals surface area contributed by atoms with E-state index in [0.29, 0.717) is 22.9 Å². The maximum Gasteiger partial charge on any atom is 0.338 e. The highest BCUT2D eigenvalue weighted by Crippen LogP contribution is 2.40. The van der Waals surface area contributed by atoms with E-state index in [1.807, 2.05) is 24.3 Å². The molecule has 0 aromatic heterocycles. The molecule has 1 atom stereocenters. The number of allylic oxidation sites excluding steroid dienone is 1. The molecule has 1 aromatic carbocycles. The molecule has 2 heterocycles. The number of hydrogen-bond acceptors (Lipinski definition) is 5. The summed E-state index contributed by atoms with van der Waals surface area (Å²) in [4.78, 5) is 31.3. The van der Waals surface area contributed by atoms with E-state index in [1.165, 1.54) is 0 Å². The number of carbonyl (C=O) groups excluding carboxylic acids is 2. The molecular formula is C17H17IN2O3S. The summed E-state index contributed by atoms with van der Waals surface area (Å²) in [5.74, 6) is 0.297. The minimum atomic E-state index is -0.478. The lowest BCUT2D eigenvalue weighted by atomic mass is 9.94. The molecule has 1 fully saturated rings. The number of halogens is 1. The molecule has 2 aliphatic rings. The Morgan fingerprint density at radius 2 is 2.12 bits per heavy atom. The van der Waals surface area contributed by atoms with E-state index in [-0.39, 0.29) is 12.5 Å². The SMILES string of the molecule is CCOC(=O)C1=C(C)N=C2SCCC(=O)N2[C@H]1c1ccc(I)cc1. The zero-order valence-electron chi connectivity index (χ0n) is 13.4. The number of amidine groups is 1. The molecule has 0 N–H and O–H groups in total. The molecule has 0 saturated carbocycles. The summed E-state index contributed by atoms with van der Waals surface area (Å²) in [7, 11) is 0. The molecule has 0 aliphatic carbocycles. The van der Waals surface area contributed by atoms with Crippen LogP contribution in [-0.4, -0.2) is 34.3 Å². The van der Waals surface area contributed by atoms with Gasteiger partial charge in [-0.1, -0.05) is 23.9 Å². The lowest BCUT2D eigenvalue weighted by molar-refractivity contribution is -0.139. The lowest BCUT2D eigenvalue weighted by Gasteiger charge is -2.38. The van der Waals surface area contributed by atoms with Crippen molar-refractivity contribution in [2.75, 3.05) is 12.4 Å². The molecule has 0 radical (unpaired) electrons. The Balaban J connectivity index is 2.14. The van der Waals surface area contributed by atoms with Gasteiger partial charge in [0, 0.05) is 15.7 Å². The number of nitrogens with zero attached hydrogens (tertiary/aromatic N) is 2. The van der Waals surface area contributed by atoms with E-state index in [0.717, 1.165) is 14.9 Å². The fourth-order valence-corrected chi connectivity index (χ4v) is 4.19. The van der Waals surface area contributed by atoms with Crippen LogP contribution in [0.4, 0.5) is 0 Å². The Morgan fingerprint density at radius 1 is 1.42 bits per heavy atom. The third-order valence-electron chi connectivity index (χ3n) is 3.89. The molecule has 2 aliphatic heterocycles. The zero-order valence-corrected chi connectivity index (χ0v) is 16.4. The topological polar surface area (TPSA) is 59.0 Å². The lowest BCUT2D eigenvalue weighted by Crippen LogP contribution is -2.45. The van der Waals surface area contributed by atoms with Gasteiger partial charge in [0.25, 0.3) is 0 Å². The monoisotopic (exact) mass is 456 g/mol. The van der Waals surface area contributed by atoms with E-state index in [4.69, 9.17) is 4.74 Å². The van der Waals surface area contributed by atoms with E-state index >= 15 is 0 Å². The Labute approximate surface area is 158 Å². The summed E-state index contributed by atoms with van der Waals surface area (Å²) in [5.41, 5.74) is 1.95. The number of thioether (sulfide) groups is 1. The quantitative estimate of drug-likeness (QED) is 0.516. The number of esters is 1. The fourth-order valence-electron chi connectivity index (χ4n) is 2.83. The highest BCUT2D eigenvalue weighted by atomic mass is 127. The molecule has 0 unspecified atom stereocenters. The predicted octanol–water partition coefficient (Wildman–Crippen LogP) is 3.50. The van der Waals surface area contributed by atoms with Crippen molar-refractivity contribution in [3.8, 4) is 0 Å². The maximum atomic E-state index is 12.6. The highest BCUT2D eigenvalue weighted by Gasteiger charge is 2.41. The van der Waals surface area contributed by atoms with Gasteiger partial charge in [-0.05, 0) is 54.1 Å². The molecule has 24 heavy (non-hydrogen) atoms. The van der Waals surface area contributed by atoms with Gasteiger partial charge in [-0.25, -0.2) is 9.79 Å². The summed E-state index contributed by atoms with van der Waals surface area (Å²) in [6, 6.07) is 7.37. The standard InChI is InChI=1S/C17H17IN2O3S/c1-3-23-16(22)14-10(2)19-17-20(13(21)8-9-24-17)15(14)11-4-6-12(18)7-5-11/h4-7,15H,3,8-9H2,1-2H3/t15-/m0/s1. The van der Waals surface area contributed by atoms with Crippen LogP contribution in [0.15, 0.2) is 40.5 Å². The van der Waals surface area contributed by atoms with Crippen molar-refractivity contribution in [3.63, 3.8) is 0 Å². The average molecular weight is 456 g/mol. The molecule has 0 spiro atoms. The van der Waals surface area contributed by atoms with Crippen LogP contribution in [0.1, 0.15) is 31.9 Å². The van der Waals surface area contributed by atoms with Gasteiger partial charge in [-0.2, -0.15) is 0 Å². The van der Waals surface area contributed by atoms with Gasteiger partial charge in [0.2, 0.25) is 5.91 Å². The van der Waals surface area contributed by atoms with E-state index in [2.05, 4.69) is 27.6 Å². The van der Waals surface area contributed by atoms with E-state index in [1.54, 1.807) is 30.5 Å². The van der Waals surface area contributed by atoms with Gasteiger partial charge in [-0.3, -0.25) is 9.69 Å². The normalized spacial score (nSPS) is 20.6. The second kappa shape index (κ2) is 7.26. The molecule has 5 nitrogen and oxygen atoms in total. The summed E-state index contributed by atoms with van der Waals surface area (Å²) in [5, 5.41) is 0.667. The van der Waals surface area contributed by atoms with Crippen LogP contribution in [0.5, 0.6) is 0 Å². The fraction of sp³-hybridized carbons (Fsp3) is 0.353. The van der Waals surface area contributed by atoms with Crippen molar-refractivity contribution in [2.45, 2.75) is 26.3 Å². The Hall–Kier alpha value is -1.35. The number of hydrogen-bond donors (Lipinski definition) is 0. The first-order valence-electron chi connectivity index (χ1n) is 7.69. The molecular weight excluding hydrogens is 439 g/mol. The molecule has 7 heteroatoms. The van der Waals surface area contributed by atoms with Crippen LogP contribution in [0.2, 0.25) is 0 Å². The number of amides is 1. The minimum absolute atomic E-state index is 0.00894. The largest absolute Gasteiger partial charge is 0.463 e. The molecule has 126 valence electrons. The predicted molar refractivity (Wildman–Crippen MR) is 103 cm³/mol. The molecule has 1 saturated heterocycles. The molecule has 0 bridgehead atoms. The smallest absolute Gasteiger partial charge is 0.338 e. The summed E-state index contributed by atoms with van der Waals surface area (Å²) in [6.07, 6.45) is 0.444. The molecule has 1 amide bonds. The van der Waals surface area contributed by atoms with Crippen LogP contribution in [0.3, 0.4) is 0 Å². The third kappa shape index (κ3) is 3.23. The van der Waals surface area contributed by atoms with Crippen LogP contribution in [0, 0.1) is 3.57 Å². The summed E-state index contributed by atoms with van der Waals surface area (Å²) >= 11 is 3.78. The third-order valence-corrected chi connectivity index (χ3v) is 5.56. The molecule has 3 rings (SSSR count). The maximum absolute atomic E-state index is 12.6. The van der Waals surface area contributed by atoms with Crippen molar-refractivity contribution in [1.82, 2.24) is 4.90 Å². The number of benzene rings is 1. The Bertz CT molecular complexity index is 743. The first-order chi connectivity index (χ1) is 11.5. The van der Waals surface area contributed by atoms with Crippen molar-refractivity contribution < 1.29 is 14.3 Å². The highest BCUT2D eigenvalue weighted by molar-refractivity contribution is 14.1. The first-order valence-corrected chi connectivity index (χ1v) is 9.76. The van der Waals surface area contributed by atoms with Gasteiger partial charge in [0.1, 0.15) is 0 Å².